The molecule has 13 nitrogen and oxygen atoms in total. The fourth-order valence-corrected chi connectivity index (χ4v) is 6.90. The lowest BCUT2D eigenvalue weighted by molar-refractivity contribution is -0.118. The van der Waals surface area contributed by atoms with Gasteiger partial charge in [0, 0.05) is 55.8 Å². The quantitative estimate of drug-likeness (QED) is 0.0812. The van der Waals surface area contributed by atoms with E-state index < -0.39 is 0 Å². The molecule has 0 atom stereocenters. The van der Waals surface area contributed by atoms with Gasteiger partial charge in [-0.05, 0) is 88.1 Å². The van der Waals surface area contributed by atoms with E-state index in [9.17, 15) is 9.59 Å². The van der Waals surface area contributed by atoms with Crippen LogP contribution in [-0.2, 0) is 9.59 Å². The molecule has 0 aliphatic heterocycles. The number of hydrogen-bond donors (Lipinski definition) is 5. The zero-order valence-electron chi connectivity index (χ0n) is 28.3. The average Bonchev–Trinajstić information content (AvgIpc) is 4.08. The predicted octanol–water partition coefficient (Wildman–Crippen LogP) is 8.24. The molecule has 6 aromatic rings. The van der Waals surface area contributed by atoms with Crippen molar-refractivity contribution >= 4 is 80.6 Å². The molecular formula is C36H35N11O2S3. The molecule has 0 bridgehead atoms. The second-order valence-corrected chi connectivity index (χ2v) is 15.6. The van der Waals surface area contributed by atoms with Crippen molar-refractivity contribution in [2.75, 3.05) is 21.3 Å². The number of anilines is 6. The van der Waals surface area contributed by atoms with Crippen molar-refractivity contribution < 1.29 is 9.59 Å². The number of carbonyl (C=O) groups is 2. The summed E-state index contributed by atoms with van der Waals surface area (Å²) in [6, 6.07) is 17.4. The summed E-state index contributed by atoms with van der Waals surface area (Å²) in [6.45, 7) is 3.95. The third-order valence-electron chi connectivity index (χ3n) is 7.63. The van der Waals surface area contributed by atoms with E-state index in [4.69, 9.17) is 0 Å². The first-order chi connectivity index (χ1) is 25.3. The highest BCUT2D eigenvalue weighted by Crippen LogP contribution is 2.33. The molecule has 4 heterocycles. The first kappa shape index (κ1) is 35.1. The molecule has 0 unspecified atom stereocenters. The van der Waals surface area contributed by atoms with E-state index in [0.29, 0.717) is 17.5 Å². The Morgan fingerprint density at radius 3 is 1.65 bits per heavy atom. The fourth-order valence-electron chi connectivity index (χ4n) is 4.68. The van der Waals surface area contributed by atoms with Crippen LogP contribution in [0, 0.1) is 25.7 Å². The standard InChI is InChI=1S/C18H18N6OS.C18H17N5OS2/c1-11-8-15(24-23-11)21-16-9-19-10-17(22-16)26-14-6-4-13(5-7-14)20-18(25)12-2-3-12;1-11-8-20-18(25-11)23-15-9-19-10-16(22-15)26-14-6-4-13(5-7-14)21-17(24)12-2-3-12/h4-10,12H,2-3H2,1H3,(H,20,25)(H2,21,22,23,24);4-10,12H,2-3H2,1H3,(H,21,24)(H,20,22,23). The fraction of sp³-hybridized carbons (Fsp3) is 0.222. The Morgan fingerprint density at radius 1 is 0.692 bits per heavy atom. The monoisotopic (exact) mass is 749 g/mol. The molecule has 0 radical (unpaired) electrons. The SMILES string of the molecule is Cc1cc(Nc2cncc(Sc3ccc(NC(=O)C4CC4)cc3)n2)n[nH]1.Cc1cnc(Nc2cncc(Sc3ccc(NC(=O)C4CC4)cc3)n2)s1. The smallest absolute Gasteiger partial charge is 0.227 e. The number of nitrogens with one attached hydrogen (secondary N) is 5. The summed E-state index contributed by atoms with van der Waals surface area (Å²) in [5.74, 6) is 2.64. The Hall–Kier alpha value is -5.32. The van der Waals surface area contributed by atoms with Crippen LogP contribution in [0.2, 0.25) is 0 Å². The normalized spacial score (nSPS) is 13.4. The van der Waals surface area contributed by atoms with Gasteiger partial charge in [-0.25, -0.2) is 15.0 Å². The highest BCUT2D eigenvalue weighted by Gasteiger charge is 2.30. The zero-order valence-corrected chi connectivity index (χ0v) is 30.7. The van der Waals surface area contributed by atoms with E-state index in [1.165, 1.54) is 23.5 Å². The van der Waals surface area contributed by atoms with Crippen molar-refractivity contribution in [1.82, 2.24) is 35.1 Å². The van der Waals surface area contributed by atoms with Gasteiger partial charge in [0.2, 0.25) is 11.8 Å². The van der Waals surface area contributed by atoms with Crippen LogP contribution in [0.3, 0.4) is 0 Å². The second-order valence-electron chi connectivity index (χ2n) is 12.2. The van der Waals surface area contributed by atoms with Crippen molar-refractivity contribution in [1.29, 1.82) is 0 Å². The van der Waals surface area contributed by atoms with Crippen molar-refractivity contribution in [2.24, 2.45) is 11.8 Å². The molecule has 2 saturated carbocycles. The van der Waals surface area contributed by atoms with Gasteiger partial charge in [0.05, 0.1) is 24.8 Å². The first-order valence-corrected chi connectivity index (χ1v) is 19.1. The number of benzene rings is 2. The highest BCUT2D eigenvalue weighted by molar-refractivity contribution is 7.99. The maximum Gasteiger partial charge on any atom is 0.227 e. The molecule has 4 aromatic heterocycles. The Labute approximate surface area is 312 Å². The highest BCUT2D eigenvalue weighted by atomic mass is 32.2. The number of nitrogens with zero attached hydrogens (tertiary/aromatic N) is 6. The number of hydrogen-bond acceptors (Lipinski definition) is 13. The minimum absolute atomic E-state index is 0.114. The first-order valence-electron chi connectivity index (χ1n) is 16.6. The largest absolute Gasteiger partial charge is 0.326 e. The van der Waals surface area contributed by atoms with Crippen LogP contribution in [0.25, 0.3) is 0 Å². The van der Waals surface area contributed by atoms with Crippen molar-refractivity contribution in [2.45, 2.75) is 59.4 Å². The number of thiazole rings is 1. The van der Waals surface area contributed by atoms with Crippen LogP contribution < -0.4 is 21.3 Å². The molecule has 2 amide bonds. The molecular weight excluding hydrogens is 715 g/mol. The van der Waals surface area contributed by atoms with E-state index in [1.807, 2.05) is 74.6 Å². The van der Waals surface area contributed by atoms with Gasteiger partial charge in [-0.15, -0.1) is 11.3 Å². The maximum atomic E-state index is 11.8. The van der Waals surface area contributed by atoms with Crippen LogP contribution in [-0.4, -0.2) is 46.9 Å². The van der Waals surface area contributed by atoms with E-state index in [1.54, 1.807) is 36.1 Å². The van der Waals surface area contributed by atoms with Crippen LogP contribution in [0.4, 0.5) is 34.0 Å². The molecule has 16 heteroatoms. The topological polar surface area (TPSA) is 175 Å². The van der Waals surface area contributed by atoms with Gasteiger partial charge in [0.25, 0.3) is 0 Å². The third kappa shape index (κ3) is 10.4. The Balaban J connectivity index is 0.000000162. The number of rotatable bonds is 12. The summed E-state index contributed by atoms with van der Waals surface area (Å²) in [4.78, 5) is 48.6. The molecule has 2 fully saturated rings. The van der Waals surface area contributed by atoms with Crippen LogP contribution in [0.15, 0.2) is 105 Å². The molecule has 2 aliphatic rings. The minimum atomic E-state index is 0.114. The van der Waals surface area contributed by atoms with Gasteiger partial charge in [0.15, 0.2) is 22.6 Å². The Bertz CT molecular complexity index is 1990. The lowest BCUT2D eigenvalue weighted by Crippen LogP contribution is -2.12. The molecule has 0 spiro atoms. The summed E-state index contributed by atoms with van der Waals surface area (Å²) in [6.07, 6.45) is 12.6. The molecule has 8 rings (SSSR count). The second kappa shape index (κ2) is 16.4. The number of amides is 2. The molecule has 2 aliphatic carbocycles. The number of aryl methyl sites for hydroxylation is 2. The van der Waals surface area contributed by atoms with E-state index in [2.05, 4.69) is 56.4 Å². The van der Waals surface area contributed by atoms with Gasteiger partial charge < -0.3 is 21.3 Å². The van der Waals surface area contributed by atoms with Gasteiger partial charge in [0.1, 0.15) is 10.1 Å². The lowest BCUT2D eigenvalue weighted by Gasteiger charge is -2.06. The molecule has 0 saturated heterocycles. The van der Waals surface area contributed by atoms with Gasteiger partial charge in [-0.2, -0.15) is 5.10 Å². The number of H-pyrrole nitrogens is 1. The summed E-state index contributed by atoms with van der Waals surface area (Å²) in [5.41, 5.74) is 2.62. The van der Waals surface area contributed by atoms with Crippen molar-refractivity contribution in [3.8, 4) is 0 Å². The Kier molecular flexibility index (Phi) is 11.0. The Morgan fingerprint density at radius 2 is 1.21 bits per heavy atom. The summed E-state index contributed by atoms with van der Waals surface area (Å²) in [5, 5.41) is 21.5. The molecule has 2 aromatic carbocycles. The number of aromatic nitrogens is 7. The third-order valence-corrected chi connectivity index (χ3v) is 10.3. The van der Waals surface area contributed by atoms with Gasteiger partial charge in [-0.1, -0.05) is 23.5 Å². The van der Waals surface area contributed by atoms with E-state index in [0.717, 1.165) is 72.6 Å². The average molecular weight is 750 g/mol. The van der Waals surface area contributed by atoms with Gasteiger partial charge >= 0.3 is 0 Å². The maximum absolute atomic E-state index is 11.8. The predicted molar refractivity (Wildman–Crippen MR) is 205 cm³/mol. The summed E-state index contributed by atoms with van der Waals surface area (Å²) in [7, 11) is 0. The molecule has 52 heavy (non-hydrogen) atoms. The van der Waals surface area contributed by atoms with E-state index in [-0.39, 0.29) is 23.7 Å². The minimum Gasteiger partial charge on any atom is -0.326 e. The summed E-state index contributed by atoms with van der Waals surface area (Å²) >= 11 is 4.60. The van der Waals surface area contributed by atoms with Crippen LogP contribution >= 0.6 is 34.9 Å². The molecule has 5 N–H and O–H groups in total. The van der Waals surface area contributed by atoms with Gasteiger partial charge in [-0.3, -0.25) is 24.7 Å². The summed E-state index contributed by atoms with van der Waals surface area (Å²) < 4.78 is 0. The number of carbonyl (C=O) groups excluding carboxylic acids is 2. The van der Waals surface area contributed by atoms with Crippen LogP contribution in [0.5, 0.6) is 0 Å². The van der Waals surface area contributed by atoms with Crippen LogP contribution in [0.1, 0.15) is 36.3 Å². The van der Waals surface area contributed by atoms with E-state index >= 15 is 0 Å². The van der Waals surface area contributed by atoms with Crippen molar-refractivity contribution in [3.05, 3.63) is 96.2 Å². The molecule has 264 valence electrons. The lowest BCUT2D eigenvalue weighted by atomic mass is 10.3. The number of aromatic amines is 1. The zero-order chi connectivity index (χ0) is 35.9. The van der Waals surface area contributed by atoms with Crippen molar-refractivity contribution in [3.63, 3.8) is 0 Å².